The van der Waals surface area contributed by atoms with Gasteiger partial charge in [0, 0.05) is 29.7 Å². The summed E-state index contributed by atoms with van der Waals surface area (Å²) in [5.41, 5.74) is 1.84. The second-order valence-corrected chi connectivity index (χ2v) is 3.69. The van der Waals surface area contributed by atoms with Gasteiger partial charge in [-0.1, -0.05) is 0 Å². The molecule has 6 nitrogen and oxygen atoms in total. The third kappa shape index (κ3) is 1.50. The zero-order chi connectivity index (χ0) is 11.8. The predicted octanol–water partition coefficient (Wildman–Crippen LogP) is 0.788. The molecular weight excluding hydrogens is 218 g/mol. The van der Waals surface area contributed by atoms with Crippen molar-refractivity contribution < 1.29 is 0 Å². The van der Waals surface area contributed by atoms with Crippen molar-refractivity contribution in [2.45, 2.75) is 6.92 Å². The standard InChI is InChI=1S/C11H9N5O/c1-7-5-9-14-15-11(17)16(9)10(13-7)8-3-2-4-12-6-8/h2-6H,1H3,(H,15,17). The lowest BCUT2D eigenvalue weighted by Gasteiger charge is -2.03. The van der Waals surface area contributed by atoms with Gasteiger partial charge in [0.1, 0.15) is 0 Å². The molecule has 0 radical (unpaired) electrons. The van der Waals surface area contributed by atoms with E-state index in [-0.39, 0.29) is 5.69 Å². The van der Waals surface area contributed by atoms with E-state index in [4.69, 9.17) is 0 Å². The molecule has 0 saturated heterocycles. The first-order chi connectivity index (χ1) is 8.25. The molecule has 0 amide bonds. The highest BCUT2D eigenvalue weighted by molar-refractivity contribution is 5.58. The predicted molar refractivity (Wildman–Crippen MR) is 61.6 cm³/mol. The lowest BCUT2D eigenvalue weighted by atomic mass is 10.2. The molecule has 0 aliphatic carbocycles. The van der Waals surface area contributed by atoms with Crippen LogP contribution in [0.25, 0.3) is 17.0 Å². The zero-order valence-corrected chi connectivity index (χ0v) is 9.08. The Hall–Kier alpha value is -2.50. The fourth-order valence-electron chi connectivity index (χ4n) is 1.74. The summed E-state index contributed by atoms with van der Waals surface area (Å²) in [6, 6.07) is 5.40. The third-order valence-electron chi connectivity index (χ3n) is 2.45. The number of fused-ring (bicyclic) bond motifs is 1. The first-order valence-corrected chi connectivity index (χ1v) is 5.11. The van der Waals surface area contributed by atoms with Crippen LogP contribution >= 0.6 is 0 Å². The van der Waals surface area contributed by atoms with Gasteiger partial charge in [-0.15, -0.1) is 0 Å². The van der Waals surface area contributed by atoms with Crippen molar-refractivity contribution in [2.24, 2.45) is 0 Å². The van der Waals surface area contributed by atoms with Crippen LogP contribution in [0.1, 0.15) is 5.69 Å². The summed E-state index contributed by atoms with van der Waals surface area (Å²) in [6.45, 7) is 1.86. The summed E-state index contributed by atoms with van der Waals surface area (Å²) < 4.78 is 1.43. The Kier molecular flexibility index (Phi) is 2.01. The van der Waals surface area contributed by atoms with E-state index in [2.05, 4.69) is 20.2 Å². The third-order valence-corrected chi connectivity index (χ3v) is 2.45. The number of H-pyrrole nitrogens is 1. The molecule has 0 spiro atoms. The number of aryl methyl sites for hydroxylation is 1. The smallest absolute Gasteiger partial charge is 0.264 e. The van der Waals surface area contributed by atoms with Crippen LogP contribution in [0.4, 0.5) is 0 Å². The van der Waals surface area contributed by atoms with E-state index in [0.29, 0.717) is 11.5 Å². The maximum absolute atomic E-state index is 11.7. The molecule has 1 N–H and O–H groups in total. The minimum atomic E-state index is -0.300. The minimum absolute atomic E-state index is 0.300. The fraction of sp³-hybridized carbons (Fsp3) is 0.0909. The monoisotopic (exact) mass is 227 g/mol. The molecule has 0 unspecified atom stereocenters. The number of hydrogen-bond donors (Lipinski definition) is 1. The molecule has 3 heterocycles. The molecule has 0 aliphatic rings. The van der Waals surface area contributed by atoms with Gasteiger partial charge in [0.05, 0.1) is 0 Å². The molecule has 3 aromatic heterocycles. The molecule has 6 heteroatoms. The molecule has 3 aromatic rings. The van der Waals surface area contributed by atoms with E-state index in [1.807, 2.05) is 13.0 Å². The van der Waals surface area contributed by atoms with Gasteiger partial charge in [-0.25, -0.2) is 19.3 Å². The van der Waals surface area contributed by atoms with Crippen molar-refractivity contribution in [3.05, 3.63) is 46.8 Å². The number of pyridine rings is 1. The second-order valence-electron chi connectivity index (χ2n) is 3.69. The Bertz CT molecular complexity index is 728. The zero-order valence-electron chi connectivity index (χ0n) is 9.08. The van der Waals surface area contributed by atoms with Crippen molar-refractivity contribution in [3.63, 3.8) is 0 Å². The van der Waals surface area contributed by atoms with Crippen molar-refractivity contribution >= 4 is 5.65 Å². The summed E-state index contributed by atoms with van der Waals surface area (Å²) in [5.74, 6) is 0.548. The Morgan fingerprint density at radius 2 is 2.29 bits per heavy atom. The number of nitrogens with one attached hydrogen (secondary N) is 1. The maximum Gasteiger partial charge on any atom is 0.349 e. The number of nitrogens with zero attached hydrogens (tertiary/aromatic N) is 4. The quantitative estimate of drug-likeness (QED) is 0.666. The second kappa shape index (κ2) is 3.51. The molecule has 84 valence electrons. The average Bonchev–Trinajstić information content (AvgIpc) is 2.71. The van der Waals surface area contributed by atoms with Crippen LogP contribution < -0.4 is 5.69 Å². The number of hydrogen-bond acceptors (Lipinski definition) is 4. The number of aromatic amines is 1. The first kappa shape index (κ1) is 9.71. The normalized spacial score (nSPS) is 10.9. The molecule has 0 bridgehead atoms. The molecule has 0 fully saturated rings. The topological polar surface area (TPSA) is 75.9 Å². The van der Waals surface area contributed by atoms with E-state index in [1.54, 1.807) is 24.5 Å². The molecule has 3 rings (SSSR count). The molecule has 0 saturated carbocycles. The van der Waals surface area contributed by atoms with Gasteiger partial charge in [0.2, 0.25) is 0 Å². The van der Waals surface area contributed by atoms with E-state index >= 15 is 0 Å². The van der Waals surface area contributed by atoms with Crippen molar-refractivity contribution in [3.8, 4) is 11.4 Å². The summed E-state index contributed by atoms with van der Waals surface area (Å²) in [7, 11) is 0. The Balaban J connectivity index is 2.43. The van der Waals surface area contributed by atoms with Gasteiger partial charge in [-0.3, -0.25) is 4.98 Å². The average molecular weight is 227 g/mol. The van der Waals surface area contributed by atoms with Crippen LogP contribution in [-0.2, 0) is 0 Å². The molecular formula is C11H9N5O. The van der Waals surface area contributed by atoms with Gasteiger partial charge in [-0.05, 0) is 19.1 Å². The largest absolute Gasteiger partial charge is 0.349 e. The lowest BCUT2D eigenvalue weighted by molar-refractivity contribution is 0.992. The van der Waals surface area contributed by atoms with Gasteiger partial charge >= 0.3 is 5.69 Å². The van der Waals surface area contributed by atoms with Crippen LogP contribution in [0.5, 0.6) is 0 Å². The minimum Gasteiger partial charge on any atom is -0.264 e. The van der Waals surface area contributed by atoms with E-state index in [0.717, 1.165) is 11.3 Å². The van der Waals surface area contributed by atoms with Crippen molar-refractivity contribution in [1.29, 1.82) is 0 Å². The van der Waals surface area contributed by atoms with Crippen LogP contribution in [0, 0.1) is 6.92 Å². The molecule has 0 aliphatic heterocycles. The van der Waals surface area contributed by atoms with Crippen LogP contribution in [0.15, 0.2) is 35.4 Å². The lowest BCUT2D eigenvalue weighted by Crippen LogP contribution is -2.13. The van der Waals surface area contributed by atoms with E-state index in [9.17, 15) is 4.79 Å². The first-order valence-electron chi connectivity index (χ1n) is 5.11. The summed E-state index contributed by atoms with van der Waals surface area (Å²) in [6.07, 6.45) is 3.34. The highest BCUT2D eigenvalue weighted by Crippen LogP contribution is 2.15. The van der Waals surface area contributed by atoms with Crippen LogP contribution in [0.3, 0.4) is 0 Å². The summed E-state index contributed by atoms with van der Waals surface area (Å²) >= 11 is 0. The van der Waals surface area contributed by atoms with E-state index < -0.39 is 0 Å². The highest BCUT2D eigenvalue weighted by Gasteiger charge is 2.10. The van der Waals surface area contributed by atoms with Crippen LogP contribution in [0.2, 0.25) is 0 Å². The maximum atomic E-state index is 11.7. The molecule has 17 heavy (non-hydrogen) atoms. The van der Waals surface area contributed by atoms with Crippen molar-refractivity contribution in [1.82, 2.24) is 24.6 Å². The van der Waals surface area contributed by atoms with Gasteiger partial charge in [0.25, 0.3) is 0 Å². The molecule has 0 aromatic carbocycles. The van der Waals surface area contributed by atoms with Gasteiger partial charge < -0.3 is 0 Å². The number of aromatic nitrogens is 5. The van der Waals surface area contributed by atoms with Gasteiger partial charge in [0.15, 0.2) is 11.5 Å². The highest BCUT2D eigenvalue weighted by atomic mass is 16.1. The Labute approximate surface area is 96.0 Å². The Morgan fingerprint density at radius 1 is 1.41 bits per heavy atom. The number of rotatable bonds is 1. The Morgan fingerprint density at radius 3 is 3.06 bits per heavy atom. The summed E-state index contributed by atoms with van der Waals surface area (Å²) in [5, 5.41) is 6.34. The van der Waals surface area contributed by atoms with Gasteiger partial charge in [-0.2, -0.15) is 5.10 Å². The molecule has 0 atom stereocenters. The van der Waals surface area contributed by atoms with Crippen LogP contribution in [-0.4, -0.2) is 24.6 Å². The summed E-state index contributed by atoms with van der Waals surface area (Å²) in [4.78, 5) is 20.1. The fourth-order valence-corrected chi connectivity index (χ4v) is 1.74. The van der Waals surface area contributed by atoms with E-state index in [1.165, 1.54) is 4.40 Å². The SMILES string of the molecule is Cc1cc2n[nH]c(=O)n2c(-c2cccnc2)n1. The van der Waals surface area contributed by atoms with Crippen molar-refractivity contribution in [2.75, 3.05) is 0 Å².